The standard InChI is InChI=1S/C37H28N4/c1-37(2)33-9-5-3-7-29(33)30-13-11-28(24-34(30)37)40(25-15-19-38-20-16-25)27-12-14-36-32(23-27)31-8-4-6-10-35(31)41(36)26-17-21-39-22-18-26/h3-24H,1-2H3. The molecule has 0 aliphatic heterocycles. The molecule has 41 heavy (non-hydrogen) atoms. The van der Waals surface area contributed by atoms with Crippen LogP contribution >= 0.6 is 0 Å². The fraction of sp³-hybridized carbons (Fsp3) is 0.0811. The molecule has 0 unspecified atom stereocenters. The van der Waals surface area contributed by atoms with E-state index in [0.717, 1.165) is 22.7 Å². The van der Waals surface area contributed by atoms with Crippen LogP contribution in [0.1, 0.15) is 25.0 Å². The number of fused-ring (bicyclic) bond motifs is 6. The van der Waals surface area contributed by atoms with Gasteiger partial charge in [0.05, 0.1) is 11.0 Å². The van der Waals surface area contributed by atoms with E-state index in [1.807, 2.05) is 24.8 Å². The Bertz CT molecular complexity index is 2070. The lowest BCUT2D eigenvalue weighted by molar-refractivity contribution is 0.660. The normalized spacial score (nSPS) is 13.3. The molecule has 0 saturated carbocycles. The molecule has 0 N–H and O–H groups in total. The summed E-state index contributed by atoms with van der Waals surface area (Å²) in [5.74, 6) is 0. The van der Waals surface area contributed by atoms with E-state index in [1.165, 1.54) is 44.1 Å². The van der Waals surface area contributed by atoms with Crippen molar-refractivity contribution in [1.29, 1.82) is 0 Å². The lowest BCUT2D eigenvalue weighted by atomic mass is 9.82. The number of anilines is 3. The molecular formula is C37H28N4. The van der Waals surface area contributed by atoms with Crippen LogP contribution in [0.15, 0.2) is 134 Å². The lowest BCUT2D eigenvalue weighted by Gasteiger charge is -2.28. The van der Waals surface area contributed by atoms with Crippen molar-refractivity contribution in [2.75, 3.05) is 4.90 Å². The predicted molar refractivity (Wildman–Crippen MR) is 169 cm³/mol. The Balaban J connectivity index is 1.35. The summed E-state index contributed by atoms with van der Waals surface area (Å²) in [5.41, 5.74) is 12.1. The molecule has 0 bridgehead atoms. The van der Waals surface area contributed by atoms with Crippen LogP contribution in [0.4, 0.5) is 17.1 Å². The minimum Gasteiger partial charge on any atom is -0.310 e. The molecule has 0 spiro atoms. The number of rotatable bonds is 4. The first-order chi connectivity index (χ1) is 20.1. The van der Waals surface area contributed by atoms with Gasteiger partial charge in [0.1, 0.15) is 0 Å². The molecule has 4 nitrogen and oxygen atoms in total. The van der Waals surface area contributed by atoms with Crippen LogP contribution in [-0.4, -0.2) is 14.5 Å². The van der Waals surface area contributed by atoms with Gasteiger partial charge in [-0.25, -0.2) is 0 Å². The molecule has 7 aromatic rings. The van der Waals surface area contributed by atoms with Crippen molar-refractivity contribution in [3.8, 4) is 16.8 Å². The fourth-order valence-electron chi connectivity index (χ4n) is 6.64. The van der Waals surface area contributed by atoms with Gasteiger partial charge >= 0.3 is 0 Å². The third-order valence-corrected chi connectivity index (χ3v) is 8.58. The monoisotopic (exact) mass is 528 g/mol. The Morgan fingerprint density at radius 1 is 0.537 bits per heavy atom. The van der Waals surface area contributed by atoms with E-state index < -0.39 is 0 Å². The summed E-state index contributed by atoms with van der Waals surface area (Å²) < 4.78 is 2.32. The Kier molecular flexibility index (Phi) is 5.13. The predicted octanol–water partition coefficient (Wildman–Crippen LogP) is 9.35. The summed E-state index contributed by atoms with van der Waals surface area (Å²) in [4.78, 5) is 10.9. The number of pyridine rings is 2. The van der Waals surface area contributed by atoms with Gasteiger partial charge in [0.25, 0.3) is 0 Å². The van der Waals surface area contributed by atoms with E-state index in [-0.39, 0.29) is 5.41 Å². The lowest BCUT2D eigenvalue weighted by Crippen LogP contribution is -2.16. The zero-order valence-electron chi connectivity index (χ0n) is 23.0. The van der Waals surface area contributed by atoms with Crippen molar-refractivity contribution in [3.05, 3.63) is 145 Å². The Morgan fingerprint density at radius 2 is 1.17 bits per heavy atom. The fourth-order valence-corrected chi connectivity index (χ4v) is 6.64. The number of hydrogen-bond acceptors (Lipinski definition) is 3. The van der Waals surface area contributed by atoms with E-state index in [0.29, 0.717) is 0 Å². The van der Waals surface area contributed by atoms with Crippen molar-refractivity contribution in [2.24, 2.45) is 0 Å². The maximum atomic E-state index is 4.32. The SMILES string of the molecule is CC1(C)c2ccccc2-c2ccc(N(c3ccncc3)c3ccc4c(c3)c3ccccc3n4-c3ccncc3)cc21. The Labute approximate surface area is 239 Å². The van der Waals surface area contributed by atoms with Gasteiger partial charge in [-0.2, -0.15) is 0 Å². The molecule has 196 valence electrons. The van der Waals surface area contributed by atoms with Crippen LogP contribution in [0.5, 0.6) is 0 Å². The van der Waals surface area contributed by atoms with Gasteiger partial charge in [0.2, 0.25) is 0 Å². The highest BCUT2D eigenvalue weighted by molar-refractivity contribution is 6.10. The first-order valence-electron chi connectivity index (χ1n) is 14.0. The number of aromatic nitrogens is 3. The number of nitrogens with zero attached hydrogens (tertiary/aromatic N) is 4. The number of benzene rings is 4. The first kappa shape index (κ1) is 23.6. The summed E-state index contributed by atoms with van der Waals surface area (Å²) in [6, 6.07) is 39.4. The van der Waals surface area contributed by atoms with Gasteiger partial charge in [-0.15, -0.1) is 0 Å². The Hall–Kier alpha value is -5.22. The second-order valence-corrected chi connectivity index (χ2v) is 11.2. The van der Waals surface area contributed by atoms with Gasteiger partial charge in [0, 0.05) is 63.7 Å². The average Bonchev–Trinajstić information content (AvgIpc) is 3.47. The average molecular weight is 529 g/mol. The maximum absolute atomic E-state index is 4.32. The molecule has 3 aromatic heterocycles. The summed E-state index contributed by atoms with van der Waals surface area (Å²) in [5, 5.41) is 2.43. The van der Waals surface area contributed by atoms with Crippen molar-refractivity contribution >= 4 is 38.9 Å². The minimum atomic E-state index is -0.0756. The quantitative estimate of drug-likeness (QED) is 0.228. The van der Waals surface area contributed by atoms with Gasteiger partial charge in [0.15, 0.2) is 0 Å². The molecular weight excluding hydrogens is 500 g/mol. The van der Waals surface area contributed by atoms with Gasteiger partial charge in [-0.3, -0.25) is 9.97 Å². The molecule has 4 heteroatoms. The molecule has 8 rings (SSSR count). The van der Waals surface area contributed by atoms with Crippen molar-refractivity contribution in [3.63, 3.8) is 0 Å². The number of para-hydroxylation sites is 1. The molecule has 0 atom stereocenters. The van der Waals surface area contributed by atoms with E-state index >= 15 is 0 Å². The topological polar surface area (TPSA) is 34.0 Å². The van der Waals surface area contributed by atoms with Gasteiger partial charge < -0.3 is 9.47 Å². The van der Waals surface area contributed by atoms with Crippen LogP contribution in [0.2, 0.25) is 0 Å². The first-order valence-corrected chi connectivity index (χ1v) is 14.0. The van der Waals surface area contributed by atoms with Crippen molar-refractivity contribution in [2.45, 2.75) is 19.3 Å². The highest BCUT2D eigenvalue weighted by Crippen LogP contribution is 2.50. The zero-order chi connectivity index (χ0) is 27.6. The highest BCUT2D eigenvalue weighted by Gasteiger charge is 2.35. The maximum Gasteiger partial charge on any atom is 0.0542 e. The second kappa shape index (κ2) is 8.90. The van der Waals surface area contributed by atoms with E-state index in [4.69, 9.17) is 0 Å². The van der Waals surface area contributed by atoms with Crippen LogP contribution in [0.25, 0.3) is 38.6 Å². The molecule has 1 aliphatic carbocycles. The molecule has 4 aromatic carbocycles. The minimum absolute atomic E-state index is 0.0756. The summed E-state index contributed by atoms with van der Waals surface area (Å²) in [7, 11) is 0. The third-order valence-electron chi connectivity index (χ3n) is 8.58. The summed E-state index contributed by atoms with van der Waals surface area (Å²) in [6.45, 7) is 4.66. The van der Waals surface area contributed by atoms with Crippen LogP contribution in [-0.2, 0) is 5.41 Å². The molecule has 1 aliphatic rings. The third kappa shape index (κ3) is 3.54. The van der Waals surface area contributed by atoms with E-state index in [9.17, 15) is 0 Å². The molecule has 0 saturated heterocycles. The van der Waals surface area contributed by atoms with Crippen LogP contribution in [0, 0.1) is 0 Å². The molecule has 0 fully saturated rings. The van der Waals surface area contributed by atoms with Crippen LogP contribution < -0.4 is 4.90 Å². The smallest absolute Gasteiger partial charge is 0.0542 e. The van der Waals surface area contributed by atoms with E-state index in [1.54, 1.807) is 0 Å². The van der Waals surface area contributed by atoms with Gasteiger partial charge in [-0.1, -0.05) is 62.4 Å². The summed E-state index contributed by atoms with van der Waals surface area (Å²) >= 11 is 0. The zero-order valence-corrected chi connectivity index (χ0v) is 23.0. The van der Waals surface area contributed by atoms with Crippen molar-refractivity contribution in [1.82, 2.24) is 14.5 Å². The number of hydrogen-bond donors (Lipinski definition) is 0. The summed E-state index contributed by atoms with van der Waals surface area (Å²) in [6.07, 6.45) is 7.43. The highest BCUT2D eigenvalue weighted by atomic mass is 15.1. The largest absolute Gasteiger partial charge is 0.310 e. The molecule has 0 amide bonds. The van der Waals surface area contributed by atoms with Gasteiger partial charge in [-0.05, 0) is 82.9 Å². The molecule has 0 radical (unpaired) electrons. The Morgan fingerprint density at radius 3 is 2.00 bits per heavy atom. The second-order valence-electron chi connectivity index (χ2n) is 11.2. The van der Waals surface area contributed by atoms with E-state index in [2.05, 4.69) is 142 Å². The van der Waals surface area contributed by atoms with Crippen LogP contribution in [0.3, 0.4) is 0 Å². The van der Waals surface area contributed by atoms with Crippen molar-refractivity contribution < 1.29 is 0 Å². The molecule has 3 heterocycles.